The normalized spacial score (nSPS) is 21.4. The minimum Gasteiger partial charge on any atom is -0.384 e. The molecule has 1 saturated heterocycles. The minimum atomic E-state index is 0.365. The van der Waals surface area contributed by atoms with Gasteiger partial charge in [-0.1, -0.05) is 13.8 Å². The molecular formula is C11H24N2O. The monoisotopic (exact) mass is 200 g/mol. The molecule has 0 bridgehead atoms. The van der Waals surface area contributed by atoms with E-state index in [0.29, 0.717) is 11.5 Å². The third-order valence-electron chi connectivity index (χ3n) is 3.00. The number of ether oxygens (including phenoxy) is 1. The van der Waals surface area contributed by atoms with Gasteiger partial charge in [0.05, 0.1) is 6.61 Å². The second-order valence-corrected chi connectivity index (χ2v) is 4.72. The summed E-state index contributed by atoms with van der Waals surface area (Å²) in [5, 5.41) is 6.94. The largest absolute Gasteiger partial charge is 0.384 e. The molecule has 14 heavy (non-hydrogen) atoms. The lowest BCUT2D eigenvalue weighted by molar-refractivity contribution is 0.0523. The van der Waals surface area contributed by atoms with Crippen molar-refractivity contribution in [1.82, 2.24) is 10.6 Å². The molecule has 1 fully saturated rings. The van der Waals surface area contributed by atoms with Crippen molar-refractivity contribution >= 4 is 0 Å². The molecule has 0 amide bonds. The van der Waals surface area contributed by atoms with Gasteiger partial charge in [0.2, 0.25) is 0 Å². The van der Waals surface area contributed by atoms with E-state index in [9.17, 15) is 0 Å². The summed E-state index contributed by atoms with van der Waals surface area (Å²) < 4.78 is 5.35. The Bertz CT molecular complexity index is 148. The summed E-state index contributed by atoms with van der Waals surface area (Å²) in [4.78, 5) is 0. The molecule has 0 saturated carbocycles. The van der Waals surface area contributed by atoms with Crippen molar-refractivity contribution < 1.29 is 4.74 Å². The Morgan fingerprint density at radius 2 is 2.00 bits per heavy atom. The highest BCUT2D eigenvalue weighted by atomic mass is 16.5. The second kappa shape index (κ2) is 5.69. The van der Waals surface area contributed by atoms with Crippen molar-refractivity contribution in [2.24, 2.45) is 5.41 Å². The van der Waals surface area contributed by atoms with Crippen LogP contribution in [0.4, 0.5) is 0 Å². The van der Waals surface area contributed by atoms with E-state index in [-0.39, 0.29) is 0 Å². The van der Waals surface area contributed by atoms with Crippen LogP contribution in [0, 0.1) is 5.41 Å². The molecule has 0 aliphatic carbocycles. The number of nitrogens with one attached hydrogen (secondary N) is 2. The van der Waals surface area contributed by atoms with Crippen molar-refractivity contribution in [3.05, 3.63) is 0 Å². The van der Waals surface area contributed by atoms with Gasteiger partial charge in [0.15, 0.2) is 0 Å². The molecule has 3 nitrogen and oxygen atoms in total. The molecule has 0 aromatic rings. The molecule has 0 spiro atoms. The first-order valence-electron chi connectivity index (χ1n) is 5.62. The van der Waals surface area contributed by atoms with Crippen molar-refractivity contribution in [2.45, 2.75) is 32.7 Å². The van der Waals surface area contributed by atoms with Gasteiger partial charge in [0.25, 0.3) is 0 Å². The summed E-state index contributed by atoms with van der Waals surface area (Å²) in [7, 11) is 1.80. The molecule has 1 aliphatic heterocycles. The smallest absolute Gasteiger partial charge is 0.0531 e. The zero-order chi connectivity index (χ0) is 10.4. The van der Waals surface area contributed by atoms with Crippen LogP contribution >= 0.6 is 0 Å². The van der Waals surface area contributed by atoms with E-state index >= 15 is 0 Å². The first-order chi connectivity index (χ1) is 6.68. The van der Waals surface area contributed by atoms with Crippen LogP contribution in [0.2, 0.25) is 0 Å². The first-order valence-corrected chi connectivity index (χ1v) is 5.62. The van der Waals surface area contributed by atoms with Gasteiger partial charge in [0.1, 0.15) is 0 Å². The maximum absolute atomic E-state index is 5.35. The molecule has 0 aromatic carbocycles. The summed E-state index contributed by atoms with van der Waals surface area (Å²) in [5.74, 6) is 0. The lowest BCUT2D eigenvalue weighted by atomic mass is 9.79. The molecule has 1 heterocycles. The van der Waals surface area contributed by atoms with Crippen LogP contribution in [-0.2, 0) is 4.74 Å². The number of methoxy groups -OCH3 is 1. The van der Waals surface area contributed by atoms with Crippen LogP contribution in [-0.4, -0.2) is 39.4 Å². The van der Waals surface area contributed by atoms with Gasteiger partial charge in [-0.25, -0.2) is 0 Å². The standard InChI is InChI=1S/C11H24N2O/c1-10(2)13-8-11(9-14-3)4-6-12-7-5-11/h10,12-13H,4-9H2,1-3H3. The van der Waals surface area contributed by atoms with Crippen LogP contribution in [0.15, 0.2) is 0 Å². The molecule has 0 atom stereocenters. The quantitative estimate of drug-likeness (QED) is 0.694. The topological polar surface area (TPSA) is 33.3 Å². The molecule has 0 radical (unpaired) electrons. The third kappa shape index (κ3) is 3.56. The van der Waals surface area contributed by atoms with E-state index < -0.39 is 0 Å². The zero-order valence-corrected chi connectivity index (χ0v) is 9.73. The first kappa shape index (κ1) is 12.0. The lowest BCUT2D eigenvalue weighted by Gasteiger charge is -2.37. The number of piperidine rings is 1. The minimum absolute atomic E-state index is 0.365. The summed E-state index contributed by atoms with van der Waals surface area (Å²) >= 11 is 0. The van der Waals surface area contributed by atoms with Gasteiger partial charge in [-0.15, -0.1) is 0 Å². The van der Waals surface area contributed by atoms with Gasteiger partial charge in [-0.3, -0.25) is 0 Å². The maximum Gasteiger partial charge on any atom is 0.0531 e. The summed E-state index contributed by atoms with van der Waals surface area (Å²) in [6, 6.07) is 0.568. The molecule has 84 valence electrons. The average Bonchev–Trinajstić information content (AvgIpc) is 2.17. The maximum atomic E-state index is 5.35. The predicted molar refractivity (Wildman–Crippen MR) is 59.6 cm³/mol. The van der Waals surface area contributed by atoms with Gasteiger partial charge >= 0.3 is 0 Å². The third-order valence-corrected chi connectivity index (χ3v) is 3.00. The van der Waals surface area contributed by atoms with E-state index in [1.54, 1.807) is 7.11 Å². The second-order valence-electron chi connectivity index (χ2n) is 4.72. The Balaban J connectivity index is 2.42. The number of hydrogen-bond donors (Lipinski definition) is 2. The molecular weight excluding hydrogens is 176 g/mol. The van der Waals surface area contributed by atoms with Crippen molar-refractivity contribution in [1.29, 1.82) is 0 Å². The average molecular weight is 200 g/mol. The highest BCUT2D eigenvalue weighted by Gasteiger charge is 2.31. The van der Waals surface area contributed by atoms with E-state index in [1.807, 2.05) is 0 Å². The van der Waals surface area contributed by atoms with Gasteiger partial charge in [0, 0.05) is 25.1 Å². The Morgan fingerprint density at radius 1 is 1.36 bits per heavy atom. The van der Waals surface area contributed by atoms with Crippen LogP contribution in [0.3, 0.4) is 0 Å². The van der Waals surface area contributed by atoms with E-state index in [2.05, 4.69) is 24.5 Å². The van der Waals surface area contributed by atoms with Gasteiger partial charge in [-0.05, 0) is 25.9 Å². The summed E-state index contributed by atoms with van der Waals surface area (Å²) in [6.45, 7) is 8.62. The van der Waals surface area contributed by atoms with Gasteiger partial charge in [-0.2, -0.15) is 0 Å². The number of hydrogen-bond acceptors (Lipinski definition) is 3. The summed E-state index contributed by atoms with van der Waals surface area (Å²) in [6.07, 6.45) is 2.45. The Labute approximate surface area is 87.6 Å². The fraction of sp³-hybridized carbons (Fsp3) is 1.00. The molecule has 1 aliphatic rings. The Hall–Kier alpha value is -0.120. The van der Waals surface area contributed by atoms with Gasteiger partial charge < -0.3 is 15.4 Å². The van der Waals surface area contributed by atoms with Crippen LogP contribution in [0.1, 0.15) is 26.7 Å². The molecule has 3 heteroatoms. The Morgan fingerprint density at radius 3 is 2.50 bits per heavy atom. The van der Waals surface area contributed by atoms with Crippen molar-refractivity contribution in [3.8, 4) is 0 Å². The molecule has 2 N–H and O–H groups in total. The highest BCUT2D eigenvalue weighted by Crippen LogP contribution is 2.28. The Kier molecular flexibility index (Phi) is 4.85. The SMILES string of the molecule is COCC1(CNC(C)C)CCNCC1. The lowest BCUT2D eigenvalue weighted by Crippen LogP contribution is -2.47. The van der Waals surface area contributed by atoms with Crippen LogP contribution in [0.25, 0.3) is 0 Å². The molecule has 0 aromatic heterocycles. The van der Waals surface area contributed by atoms with Crippen molar-refractivity contribution in [3.63, 3.8) is 0 Å². The predicted octanol–water partition coefficient (Wildman–Crippen LogP) is 1.00. The molecule has 0 unspecified atom stereocenters. The van der Waals surface area contributed by atoms with Crippen LogP contribution < -0.4 is 10.6 Å². The fourth-order valence-electron chi connectivity index (χ4n) is 2.06. The van der Waals surface area contributed by atoms with Crippen LogP contribution in [0.5, 0.6) is 0 Å². The fourth-order valence-corrected chi connectivity index (χ4v) is 2.06. The van der Waals surface area contributed by atoms with Crippen molar-refractivity contribution in [2.75, 3.05) is 33.4 Å². The summed E-state index contributed by atoms with van der Waals surface area (Å²) in [5.41, 5.74) is 0.365. The highest BCUT2D eigenvalue weighted by molar-refractivity contribution is 4.86. The number of rotatable bonds is 5. The zero-order valence-electron chi connectivity index (χ0n) is 9.73. The van der Waals surface area contributed by atoms with E-state index in [4.69, 9.17) is 4.74 Å². The van der Waals surface area contributed by atoms with E-state index in [0.717, 1.165) is 26.2 Å². The van der Waals surface area contributed by atoms with E-state index in [1.165, 1.54) is 12.8 Å². The molecule has 1 rings (SSSR count).